The zero-order chi connectivity index (χ0) is 15.2. The minimum absolute atomic E-state index is 0.435. The normalized spacial score (nSPS) is 21.4. The van der Waals surface area contributed by atoms with Crippen LogP contribution in [0.15, 0.2) is 0 Å². The summed E-state index contributed by atoms with van der Waals surface area (Å²) in [4.78, 5) is 3.56. The first-order valence-electron chi connectivity index (χ1n) is 6.96. The van der Waals surface area contributed by atoms with Crippen molar-refractivity contribution in [2.24, 2.45) is 0 Å². The molecule has 1 rings (SSSR count). The van der Waals surface area contributed by atoms with Crippen molar-refractivity contribution in [3.05, 3.63) is 0 Å². The summed E-state index contributed by atoms with van der Waals surface area (Å²) in [6, 6.07) is 2.26. The number of rotatable bonds is 6. The molecule has 1 atom stereocenters. The monoisotopic (exact) mass is 292 g/mol. The van der Waals surface area contributed by atoms with Crippen LogP contribution in [-0.2, 0) is 0 Å². The summed E-state index contributed by atoms with van der Waals surface area (Å²) in [5.41, 5.74) is -0.558. The van der Waals surface area contributed by atoms with Gasteiger partial charge in [0, 0.05) is 32.7 Å². The Labute approximate surface area is 118 Å². The Kier molecular flexibility index (Phi) is 6.24. The van der Waals surface area contributed by atoms with Gasteiger partial charge in [0.15, 0.2) is 0 Å². The third-order valence-corrected chi connectivity index (χ3v) is 3.61. The van der Waals surface area contributed by atoms with Gasteiger partial charge in [0.05, 0.1) is 12.6 Å². The number of nitrogens with zero attached hydrogens (tertiary/aromatic N) is 3. The van der Waals surface area contributed by atoms with E-state index in [0.717, 1.165) is 13.1 Å². The fraction of sp³-hybridized carbons (Fsp3) is 0.923. The van der Waals surface area contributed by atoms with Crippen molar-refractivity contribution in [2.75, 3.05) is 45.8 Å². The van der Waals surface area contributed by atoms with Crippen LogP contribution in [0.4, 0.5) is 13.2 Å². The molecule has 1 N–H and O–H groups in total. The van der Waals surface area contributed by atoms with Crippen molar-refractivity contribution < 1.29 is 13.2 Å². The SMILES string of the molecule is CCNC(C)(C#N)CCN1CCN(CC(F)(F)F)CC1. The third-order valence-electron chi connectivity index (χ3n) is 3.61. The van der Waals surface area contributed by atoms with Crippen molar-refractivity contribution in [1.29, 1.82) is 5.26 Å². The van der Waals surface area contributed by atoms with Crippen molar-refractivity contribution in [3.63, 3.8) is 0 Å². The Balaban J connectivity index is 2.31. The predicted molar refractivity (Wildman–Crippen MR) is 71.2 cm³/mol. The topological polar surface area (TPSA) is 42.3 Å². The van der Waals surface area contributed by atoms with Gasteiger partial charge >= 0.3 is 6.18 Å². The van der Waals surface area contributed by atoms with Gasteiger partial charge in [-0.1, -0.05) is 6.92 Å². The van der Waals surface area contributed by atoms with E-state index in [-0.39, 0.29) is 0 Å². The molecule has 0 spiro atoms. The maximum atomic E-state index is 12.3. The molecule has 0 radical (unpaired) electrons. The third kappa shape index (κ3) is 6.07. The largest absolute Gasteiger partial charge is 0.401 e. The van der Waals surface area contributed by atoms with E-state index in [1.807, 2.05) is 13.8 Å². The van der Waals surface area contributed by atoms with E-state index in [2.05, 4.69) is 16.3 Å². The maximum absolute atomic E-state index is 12.3. The van der Waals surface area contributed by atoms with E-state index in [4.69, 9.17) is 5.26 Å². The Morgan fingerprint density at radius 2 is 1.70 bits per heavy atom. The van der Waals surface area contributed by atoms with Gasteiger partial charge in [0.1, 0.15) is 5.54 Å². The first-order valence-corrected chi connectivity index (χ1v) is 6.96. The van der Waals surface area contributed by atoms with Gasteiger partial charge in [-0.05, 0) is 19.9 Å². The van der Waals surface area contributed by atoms with Crippen LogP contribution in [0.3, 0.4) is 0 Å². The second kappa shape index (κ2) is 7.25. The lowest BCUT2D eigenvalue weighted by Crippen LogP contribution is -2.51. The summed E-state index contributed by atoms with van der Waals surface area (Å²) in [6.45, 7) is 6.57. The van der Waals surface area contributed by atoms with Crippen LogP contribution < -0.4 is 5.32 Å². The van der Waals surface area contributed by atoms with Crippen LogP contribution in [0, 0.1) is 11.3 Å². The van der Waals surface area contributed by atoms with Gasteiger partial charge in [0.2, 0.25) is 0 Å². The standard InChI is InChI=1S/C13H23F3N4/c1-3-18-12(2,10-17)4-5-19-6-8-20(9-7-19)11-13(14,15)16/h18H,3-9,11H2,1-2H3. The van der Waals surface area contributed by atoms with E-state index >= 15 is 0 Å². The van der Waals surface area contributed by atoms with E-state index in [1.54, 1.807) is 0 Å². The zero-order valence-electron chi connectivity index (χ0n) is 12.1. The molecule has 7 heteroatoms. The second-order valence-electron chi connectivity index (χ2n) is 5.46. The number of hydrogen-bond donors (Lipinski definition) is 1. The lowest BCUT2D eigenvalue weighted by molar-refractivity contribution is -0.149. The number of piperazine rings is 1. The Morgan fingerprint density at radius 3 is 2.15 bits per heavy atom. The lowest BCUT2D eigenvalue weighted by atomic mass is 9.99. The molecule has 1 fully saturated rings. The molecule has 0 aromatic rings. The molecule has 1 aliphatic heterocycles. The van der Waals surface area contributed by atoms with Crippen LogP contribution in [0.1, 0.15) is 20.3 Å². The molecule has 0 aliphatic carbocycles. The molecule has 20 heavy (non-hydrogen) atoms. The highest BCUT2D eigenvalue weighted by molar-refractivity contribution is 5.03. The van der Waals surface area contributed by atoms with Crippen LogP contribution in [-0.4, -0.2) is 67.3 Å². The number of alkyl halides is 3. The fourth-order valence-corrected chi connectivity index (χ4v) is 2.38. The van der Waals surface area contributed by atoms with Crippen molar-refractivity contribution in [2.45, 2.75) is 32.0 Å². The van der Waals surface area contributed by atoms with E-state index in [0.29, 0.717) is 32.6 Å². The zero-order valence-corrected chi connectivity index (χ0v) is 12.1. The molecule has 1 heterocycles. The minimum atomic E-state index is -4.12. The van der Waals surface area contributed by atoms with Gasteiger partial charge < -0.3 is 4.90 Å². The molecule has 0 aromatic heterocycles. The average Bonchev–Trinajstić information content (AvgIpc) is 2.37. The summed E-state index contributed by atoms with van der Waals surface area (Å²) in [6.07, 6.45) is -3.44. The molecule has 1 unspecified atom stereocenters. The van der Waals surface area contributed by atoms with E-state index < -0.39 is 18.3 Å². The molecular weight excluding hydrogens is 269 g/mol. The van der Waals surface area contributed by atoms with Crippen molar-refractivity contribution in [1.82, 2.24) is 15.1 Å². The van der Waals surface area contributed by atoms with Gasteiger partial charge in [-0.25, -0.2) is 0 Å². The van der Waals surface area contributed by atoms with Crippen LogP contribution in [0.2, 0.25) is 0 Å². The smallest absolute Gasteiger partial charge is 0.301 e. The van der Waals surface area contributed by atoms with E-state index in [9.17, 15) is 13.2 Å². The van der Waals surface area contributed by atoms with Crippen LogP contribution >= 0.6 is 0 Å². The van der Waals surface area contributed by atoms with Crippen molar-refractivity contribution >= 4 is 0 Å². The molecule has 0 aromatic carbocycles. The number of nitrogens with one attached hydrogen (secondary N) is 1. The quantitative estimate of drug-likeness (QED) is 0.804. The second-order valence-corrected chi connectivity index (χ2v) is 5.46. The first-order chi connectivity index (χ1) is 9.28. The fourth-order valence-electron chi connectivity index (χ4n) is 2.38. The highest BCUT2D eigenvalue weighted by Crippen LogP contribution is 2.18. The number of hydrogen-bond acceptors (Lipinski definition) is 4. The Hall–Kier alpha value is -0.840. The molecule has 116 valence electrons. The summed E-state index contributed by atoms with van der Waals surface area (Å²) >= 11 is 0. The number of halogens is 3. The summed E-state index contributed by atoms with van der Waals surface area (Å²) in [5.74, 6) is 0. The molecule has 0 saturated carbocycles. The molecule has 1 saturated heterocycles. The molecule has 1 aliphatic rings. The van der Waals surface area contributed by atoms with Crippen LogP contribution in [0.25, 0.3) is 0 Å². The van der Waals surface area contributed by atoms with E-state index in [1.165, 1.54) is 4.90 Å². The molecule has 0 amide bonds. The average molecular weight is 292 g/mol. The summed E-state index contributed by atoms with van der Waals surface area (Å²) < 4.78 is 36.8. The molecule has 4 nitrogen and oxygen atoms in total. The van der Waals surface area contributed by atoms with Gasteiger partial charge in [0.25, 0.3) is 0 Å². The minimum Gasteiger partial charge on any atom is -0.301 e. The van der Waals surface area contributed by atoms with Crippen molar-refractivity contribution in [3.8, 4) is 6.07 Å². The summed E-state index contributed by atoms with van der Waals surface area (Å²) in [5, 5.41) is 12.3. The van der Waals surface area contributed by atoms with Gasteiger partial charge in [-0.15, -0.1) is 0 Å². The molecular formula is C13H23F3N4. The molecule has 0 bridgehead atoms. The summed E-state index contributed by atoms with van der Waals surface area (Å²) in [7, 11) is 0. The van der Waals surface area contributed by atoms with Gasteiger partial charge in [-0.3, -0.25) is 10.2 Å². The maximum Gasteiger partial charge on any atom is 0.401 e. The first kappa shape index (κ1) is 17.2. The van der Waals surface area contributed by atoms with Crippen LogP contribution in [0.5, 0.6) is 0 Å². The Morgan fingerprint density at radius 1 is 1.15 bits per heavy atom. The van der Waals surface area contributed by atoms with Gasteiger partial charge in [-0.2, -0.15) is 18.4 Å². The Bertz CT molecular complexity index is 331. The predicted octanol–water partition coefficient (Wildman–Crippen LogP) is 1.45. The highest BCUT2D eigenvalue weighted by Gasteiger charge is 2.32. The lowest BCUT2D eigenvalue weighted by Gasteiger charge is -2.36. The number of nitriles is 1. The highest BCUT2D eigenvalue weighted by atomic mass is 19.4.